The van der Waals surface area contributed by atoms with Crippen molar-refractivity contribution in [1.82, 2.24) is 33.5 Å². The van der Waals surface area contributed by atoms with Crippen molar-refractivity contribution in [1.29, 1.82) is 0 Å². The van der Waals surface area contributed by atoms with Gasteiger partial charge in [-0.3, -0.25) is 13.5 Å². The van der Waals surface area contributed by atoms with Crippen molar-refractivity contribution < 1.29 is 0 Å². The first-order valence-electron chi connectivity index (χ1n) is 14.4. The summed E-state index contributed by atoms with van der Waals surface area (Å²) in [5.74, 6) is 2.39. The zero-order valence-corrected chi connectivity index (χ0v) is 24.1. The molecule has 0 aliphatic carbocycles. The largest absolute Gasteiger partial charge is 0.274 e. The molecule has 0 radical (unpaired) electrons. The Balaban J connectivity index is 1.56. The maximum Gasteiger partial charge on any atom is 0.240 e. The topological polar surface area (TPSA) is 65.8 Å². The molecule has 4 aromatic carbocycles. The van der Waals surface area contributed by atoms with E-state index in [1.54, 1.807) is 12.2 Å². The second kappa shape index (κ2) is 10.0. The van der Waals surface area contributed by atoms with Crippen molar-refractivity contribution in [3.05, 3.63) is 146 Å². The first-order valence-corrected chi connectivity index (χ1v) is 14.4. The number of hydrogen-bond acceptors (Lipinski definition) is 4. The van der Waals surface area contributed by atoms with E-state index < -0.39 is 0 Å². The van der Waals surface area contributed by atoms with Gasteiger partial charge in [0.1, 0.15) is 5.52 Å². The van der Waals surface area contributed by atoms with E-state index in [0.29, 0.717) is 17.6 Å². The Morgan fingerprint density at radius 2 is 1.43 bits per heavy atom. The van der Waals surface area contributed by atoms with Crippen LogP contribution in [0.25, 0.3) is 67.5 Å². The van der Waals surface area contributed by atoms with E-state index in [1.807, 2.05) is 48.5 Å². The lowest BCUT2D eigenvalue weighted by Crippen LogP contribution is -2.10. The van der Waals surface area contributed by atoms with Crippen LogP contribution in [-0.4, -0.2) is 33.5 Å². The predicted molar refractivity (Wildman–Crippen MR) is 178 cm³/mol. The number of allylic oxidation sites excluding steroid dienone is 4. The summed E-state index contributed by atoms with van der Waals surface area (Å²) in [6.07, 6.45) is 5.33. The van der Waals surface area contributed by atoms with E-state index >= 15 is 0 Å². The first kappa shape index (κ1) is 25.6. The van der Waals surface area contributed by atoms with Crippen LogP contribution in [0.2, 0.25) is 0 Å². The van der Waals surface area contributed by atoms with Gasteiger partial charge in [0.05, 0.1) is 22.2 Å². The van der Waals surface area contributed by atoms with Crippen molar-refractivity contribution in [2.45, 2.75) is 6.92 Å². The van der Waals surface area contributed by atoms with Crippen molar-refractivity contribution >= 4 is 44.5 Å². The fourth-order valence-electron chi connectivity index (χ4n) is 5.92. The van der Waals surface area contributed by atoms with E-state index in [-0.39, 0.29) is 0 Å². The molecule has 8 rings (SSSR count). The van der Waals surface area contributed by atoms with Gasteiger partial charge in [-0.15, -0.1) is 0 Å². The number of imidazole rings is 2. The Bertz CT molecular complexity index is 2420. The number of benzene rings is 4. The Morgan fingerprint density at radius 3 is 2.20 bits per heavy atom. The molecular formula is C37H27N7. The molecule has 0 amide bonds. The van der Waals surface area contributed by atoms with Crippen LogP contribution >= 0.6 is 0 Å². The van der Waals surface area contributed by atoms with Crippen LogP contribution in [0.5, 0.6) is 0 Å². The zero-order valence-electron chi connectivity index (χ0n) is 24.1. The number of rotatable bonds is 6. The van der Waals surface area contributed by atoms with Gasteiger partial charge in [0.25, 0.3) is 0 Å². The summed E-state index contributed by atoms with van der Waals surface area (Å²) in [5, 5.41) is 1.06. The minimum atomic E-state index is 0.496. The van der Waals surface area contributed by atoms with Gasteiger partial charge < -0.3 is 0 Å². The maximum atomic E-state index is 5.13. The number of hydrogen-bond donors (Lipinski definition) is 0. The summed E-state index contributed by atoms with van der Waals surface area (Å²) in [6.45, 7) is 9.99. The van der Waals surface area contributed by atoms with Crippen LogP contribution in [0, 0.1) is 6.92 Å². The molecule has 0 spiro atoms. The number of aryl methyl sites for hydroxylation is 1. The lowest BCUT2D eigenvalue weighted by Gasteiger charge is -2.12. The Morgan fingerprint density at radius 1 is 0.705 bits per heavy atom. The molecule has 0 unspecified atom stereocenters. The van der Waals surface area contributed by atoms with E-state index in [4.69, 9.17) is 19.9 Å². The minimum Gasteiger partial charge on any atom is -0.274 e. The molecule has 7 nitrogen and oxygen atoms in total. The van der Waals surface area contributed by atoms with Gasteiger partial charge in [-0.05, 0) is 37.3 Å². The average molecular weight is 570 g/mol. The molecule has 4 aromatic heterocycles. The molecule has 44 heavy (non-hydrogen) atoms. The van der Waals surface area contributed by atoms with Crippen molar-refractivity contribution in [2.75, 3.05) is 0 Å². The second-order valence-corrected chi connectivity index (χ2v) is 10.6. The molecule has 0 fully saturated rings. The Labute approximate surface area is 253 Å². The van der Waals surface area contributed by atoms with Crippen LogP contribution in [0.4, 0.5) is 0 Å². The van der Waals surface area contributed by atoms with Crippen LogP contribution in [-0.2, 0) is 0 Å². The van der Waals surface area contributed by atoms with E-state index in [1.165, 1.54) is 0 Å². The predicted octanol–water partition coefficient (Wildman–Crippen LogP) is 8.29. The maximum absolute atomic E-state index is 5.13. The second-order valence-electron chi connectivity index (χ2n) is 10.6. The third-order valence-corrected chi connectivity index (χ3v) is 7.93. The molecule has 0 saturated carbocycles. The van der Waals surface area contributed by atoms with Crippen molar-refractivity contribution in [3.8, 4) is 23.0 Å². The number of fused-ring (bicyclic) bond motifs is 7. The van der Waals surface area contributed by atoms with Crippen LogP contribution in [0.3, 0.4) is 0 Å². The third kappa shape index (κ3) is 3.83. The highest BCUT2D eigenvalue weighted by Gasteiger charge is 2.26. The number of aromatic nitrogens is 7. The quantitative estimate of drug-likeness (QED) is 0.189. The fourth-order valence-corrected chi connectivity index (χ4v) is 5.92. The molecule has 8 aromatic rings. The Hall–Kier alpha value is -6.08. The molecule has 0 aliphatic heterocycles. The van der Waals surface area contributed by atoms with Crippen molar-refractivity contribution in [2.24, 2.45) is 0 Å². The normalized spacial score (nSPS) is 12.1. The molecule has 0 N–H and O–H groups in total. The molecule has 0 aliphatic rings. The summed E-state index contributed by atoms with van der Waals surface area (Å²) in [5.41, 5.74) is 8.67. The molecular weight excluding hydrogens is 542 g/mol. The summed E-state index contributed by atoms with van der Waals surface area (Å²) in [6, 6.07) is 35.1. The summed E-state index contributed by atoms with van der Waals surface area (Å²) < 4.78 is 6.56. The van der Waals surface area contributed by atoms with Crippen LogP contribution in [0.15, 0.2) is 135 Å². The molecule has 0 bridgehead atoms. The fraction of sp³-hybridized carbons (Fsp3) is 0.0270. The van der Waals surface area contributed by atoms with Gasteiger partial charge in [0, 0.05) is 16.5 Å². The Kier molecular flexibility index (Phi) is 5.84. The molecule has 0 atom stereocenters. The van der Waals surface area contributed by atoms with Gasteiger partial charge >= 0.3 is 0 Å². The summed E-state index contributed by atoms with van der Waals surface area (Å²) in [4.78, 5) is 20.2. The van der Waals surface area contributed by atoms with Gasteiger partial charge in [-0.1, -0.05) is 110 Å². The highest BCUT2D eigenvalue weighted by atomic mass is 15.3. The van der Waals surface area contributed by atoms with E-state index in [0.717, 1.165) is 61.3 Å². The smallest absolute Gasteiger partial charge is 0.240 e. The van der Waals surface area contributed by atoms with Gasteiger partial charge in [-0.25, -0.2) is 9.97 Å². The highest BCUT2D eigenvalue weighted by Crippen LogP contribution is 2.37. The van der Waals surface area contributed by atoms with Crippen LogP contribution < -0.4 is 0 Å². The van der Waals surface area contributed by atoms with E-state index in [2.05, 4.69) is 94.3 Å². The standard InChI is InChI=1S/C37H27N7/c1-4-13-25(5-2)33-39-34(26-22-20-24(3)21-23-26)41-36(40-33)44-30-18-11-9-16-28(30)32-35(44)42(27-14-7-6-8-15-27)37-38-29-17-10-12-19-31(29)43(32)37/h4-23H,1-2H2,3H3/b25-13+. The average Bonchev–Trinajstić information content (AvgIpc) is 3.70. The monoisotopic (exact) mass is 569 g/mol. The van der Waals surface area contributed by atoms with Gasteiger partial charge in [0.2, 0.25) is 11.7 Å². The van der Waals surface area contributed by atoms with E-state index in [9.17, 15) is 0 Å². The lowest BCUT2D eigenvalue weighted by atomic mass is 10.1. The summed E-state index contributed by atoms with van der Waals surface area (Å²) >= 11 is 0. The number of para-hydroxylation sites is 4. The molecule has 210 valence electrons. The minimum absolute atomic E-state index is 0.496. The summed E-state index contributed by atoms with van der Waals surface area (Å²) in [7, 11) is 0. The first-order chi connectivity index (χ1) is 21.7. The number of nitrogens with zero attached hydrogens (tertiary/aromatic N) is 7. The van der Waals surface area contributed by atoms with Crippen LogP contribution in [0.1, 0.15) is 11.4 Å². The third-order valence-electron chi connectivity index (χ3n) is 7.93. The lowest BCUT2D eigenvalue weighted by molar-refractivity contribution is 0.914. The SMILES string of the molecule is C=C/C=C(\C=C)c1nc(-c2ccc(C)cc2)nc(-n2c3ccccc3c3c2n(-c2ccccc2)c2nc4ccccc4n32)n1. The van der Waals surface area contributed by atoms with Gasteiger partial charge in [-0.2, -0.15) is 9.97 Å². The zero-order chi connectivity index (χ0) is 29.8. The molecule has 4 heterocycles. The van der Waals surface area contributed by atoms with Crippen molar-refractivity contribution in [3.63, 3.8) is 0 Å². The van der Waals surface area contributed by atoms with Gasteiger partial charge in [0.15, 0.2) is 17.3 Å². The molecule has 0 saturated heterocycles. The highest BCUT2D eigenvalue weighted by molar-refractivity contribution is 6.10. The molecule has 7 heteroatoms.